The van der Waals surface area contributed by atoms with Crippen molar-refractivity contribution in [2.75, 3.05) is 11.9 Å². The fourth-order valence-corrected chi connectivity index (χ4v) is 7.22. The van der Waals surface area contributed by atoms with Gasteiger partial charge in [0.2, 0.25) is 0 Å². The van der Waals surface area contributed by atoms with Gasteiger partial charge in [0.25, 0.3) is 0 Å². The monoisotopic (exact) mass is 512 g/mol. The number of carbonyl (C=O) groups is 2. The molecule has 0 spiro atoms. The quantitative estimate of drug-likeness (QED) is 0.303. The van der Waals surface area contributed by atoms with Gasteiger partial charge in [-0.2, -0.15) is 0 Å². The lowest BCUT2D eigenvalue weighted by molar-refractivity contribution is -0.262. The van der Waals surface area contributed by atoms with Crippen LogP contribution in [-0.2, 0) is 19.1 Å². The summed E-state index contributed by atoms with van der Waals surface area (Å²) in [6.07, 6.45) is 8.17. The van der Waals surface area contributed by atoms with Crippen molar-refractivity contribution in [2.45, 2.75) is 84.0 Å². The van der Waals surface area contributed by atoms with E-state index >= 15 is 0 Å². The van der Waals surface area contributed by atoms with Crippen molar-refractivity contribution >= 4 is 27.9 Å². The first kappa shape index (κ1) is 25.4. The maximum atomic E-state index is 12.5. The summed E-state index contributed by atoms with van der Waals surface area (Å²) >= 11 is 3.51. The fraction of sp³-hybridized carbons (Fsp3) is 0.760. The Morgan fingerprint density at radius 3 is 2.75 bits per heavy atom. The van der Waals surface area contributed by atoms with E-state index in [1.165, 1.54) is 6.08 Å². The highest BCUT2D eigenvalue weighted by Crippen LogP contribution is 2.65. The second-order valence-electron chi connectivity index (χ2n) is 10.2. The third-order valence-electron chi connectivity index (χ3n) is 8.76. The smallest absolute Gasteiger partial charge is 0.333 e. The predicted molar refractivity (Wildman–Crippen MR) is 125 cm³/mol. The molecule has 0 amide bonds. The number of hydrogen-bond donors (Lipinski definition) is 2. The van der Waals surface area contributed by atoms with Crippen LogP contribution in [0.4, 0.5) is 0 Å². The van der Waals surface area contributed by atoms with Crippen LogP contribution in [0.2, 0.25) is 0 Å². The molecule has 0 aromatic carbocycles. The van der Waals surface area contributed by atoms with E-state index in [4.69, 9.17) is 9.47 Å². The van der Waals surface area contributed by atoms with Crippen LogP contribution in [-0.4, -0.2) is 51.9 Å². The zero-order valence-corrected chi connectivity index (χ0v) is 21.2. The minimum atomic E-state index is -1.19. The van der Waals surface area contributed by atoms with E-state index in [0.717, 1.165) is 19.3 Å². The molecule has 2 N–H and O–H groups in total. The number of aliphatic hydroxyl groups excluding tert-OH is 1. The number of rotatable bonds is 7. The van der Waals surface area contributed by atoms with Crippen LogP contribution in [0.25, 0.3) is 0 Å². The Kier molecular flexibility index (Phi) is 7.63. The first-order valence-corrected chi connectivity index (χ1v) is 12.8. The molecule has 180 valence electrons. The standard InChI is InChI=1S/C25H37BrO6/c1-5-16(2)22(29)31-15-25-19(7-6-11-24(25,30)14-26)23(4,17(3)13-20(25)27)12-10-18-8-9-21(28)32-18/h5,8-9,17-20,27,30H,6-7,10-15H2,1-4H3/b16-5+/t17-,18?,19-,20+,23+,24+,25+/m1/s1. The van der Waals surface area contributed by atoms with Crippen molar-refractivity contribution in [3.63, 3.8) is 0 Å². The molecule has 1 heterocycles. The highest BCUT2D eigenvalue weighted by molar-refractivity contribution is 9.09. The van der Waals surface area contributed by atoms with Gasteiger partial charge in [0, 0.05) is 17.0 Å². The van der Waals surface area contributed by atoms with Gasteiger partial charge in [0.15, 0.2) is 0 Å². The van der Waals surface area contributed by atoms with E-state index < -0.39 is 23.1 Å². The first-order chi connectivity index (χ1) is 15.0. The number of hydrogen-bond acceptors (Lipinski definition) is 6. The van der Waals surface area contributed by atoms with Gasteiger partial charge in [0.05, 0.1) is 17.1 Å². The number of ether oxygens (including phenoxy) is 2. The third kappa shape index (κ3) is 4.21. The zero-order valence-electron chi connectivity index (χ0n) is 19.6. The van der Waals surface area contributed by atoms with Crippen molar-refractivity contribution in [3.05, 3.63) is 23.8 Å². The van der Waals surface area contributed by atoms with Crippen LogP contribution in [0.1, 0.15) is 66.2 Å². The molecule has 2 fully saturated rings. The van der Waals surface area contributed by atoms with Gasteiger partial charge in [-0.1, -0.05) is 42.3 Å². The topological polar surface area (TPSA) is 93.1 Å². The summed E-state index contributed by atoms with van der Waals surface area (Å²) in [5.41, 5.74) is -1.88. The molecule has 2 aliphatic carbocycles. The van der Waals surface area contributed by atoms with Crippen molar-refractivity contribution in [1.29, 1.82) is 0 Å². The predicted octanol–water partition coefficient (Wildman–Crippen LogP) is 4.08. The van der Waals surface area contributed by atoms with Crippen molar-refractivity contribution in [1.82, 2.24) is 0 Å². The molecule has 0 aromatic heterocycles. The van der Waals surface area contributed by atoms with Crippen LogP contribution in [0.15, 0.2) is 23.8 Å². The average Bonchev–Trinajstić information content (AvgIpc) is 3.19. The maximum Gasteiger partial charge on any atom is 0.333 e. The maximum absolute atomic E-state index is 12.5. The molecule has 3 aliphatic rings. The molecule has 0 aromatic rings. The SMILES string of the molecule is C/C=C(\C)C(=O)OC[C@@]12[C@H](CCC[C@]1(O)CBr)[C@@](C)(CCC1C=CC(=O)O1)[C@H](C)C[C@@H]2O. The fourth-order valence-electron chi connectivity index (χ4n) is 6.41. The van der Waals surface area contributed by atoms with E-state index in [1.807, 2.05) is 0 Å². The molecule has 7 heteroatoms. The third-order valence-corrected chi connectivity index (χ3v) is 9.69. The Bertz CT molecular complexity index is 793. The normalized spacial score (nSPS) is 41.8. The van der Waals surface area contributed by atoms with Crippen molar-refractivity contribution in [3.8, 4) is 0 Å². The second kappa shape index (κ2) is 9.59. The highest BCUT2D eigenvalue weighted by atomic mass is 79.9. The van der Waals surface area contributed by atoms with Crippen LogP contribution < -0.4 is 0 Å². The molecule has 7 atom stereocenters. The lowest BCUT2D eigenvalue weighted by atomic mass is 9.42. The molecule has 6 nitrogen and oxygen atoms in total. The molecule has 2 saturated carbocycles. The number of halogens is 1. The number of cyclic esters (lactones) is 1. The minimum absolute atomic E-state index is 0.0222. The van der Waals surface area contributed by atoms with Crippen LogP contribution in [0.3, 0.4) is 0 Å². The summed E-state index contributed by atoms with van der Waals surface area (Å²) in [6, 6.07) is 0. The summed E-state index contributed by atoms with van der Waals surface area (Å²) < 4.78 is 11.1. The zero-order chi connectivity index (χ0) is 23.7. The van der Waals surface area contributed by atoms with E-state index in [1.54, 1.807) is 26.0 Å². The summed E-state index contributed by atoms with van der Waals surface area (Å²) in [6.45, 7) is 7.84. The molecular weight excluding hydrogens is 476 g/mol. The van der Waals surface area contributed by atoms with E-state index in [2.05, 4.69) is 29.8 Å². The van der Waals surface area contributed by atoms with Gasteiger partial charge in [0.1, 0.15) is 12.7 Å². The highest BCUT2D eigenvalue weighted by Gasteiger charge is 2.68. The average molecular weight is 513 g/mol. The lowest BCUT2D eigenvalue weighted by Crippen LogP contribution is -2.70. The Morgan fingerprint density at radius 2 is 2.16 bits per heavy atom. The van der Waals surface area contributed by atoms with Crippen molar-refractivity contribution in [2.24, 2.45) is 22.7 Å². The summed E-state index contributed by atoms with van der Waals surface area (Å²) in [5, 5.41) is 23.6. The number of aliphatic hydroxyl groups is 2. The first-order valence-electron chi connectivity index (χ1n) is 11.7. The van der Waals surface area contributed by atoms with Crippen LogP contribution >= 0.6 is 15.9 Å². The van der Waals surface area contributed by atoms with E-state index in [-0.39, 0.29) is 35.9 Å². The molecular formula is C25H37BrO6. The molecule has 1 aliphatic heterocycles. The molecule has 3 rings (SSSR count). The van der Waals surface area contributed by atoms with E-state index in [9.17, 15) is 19.8 Å². The van der Waals surface area contributed by atoms with Crippen molar-refractivity contribution < 1.29 is 29.3 Å². The Hall–Kier alpha value is -1.18. The largest absolute Gasteiger partial charge is 0.462 e. The minimum Gasteiger partial charge on any atom is -0.462 e. The molecule has 1 unspecified atom stereocenters. The second-order valence-corrected chi connectivity index (χ2v) is 10.8. The molecule has 0 radical (unpaired) electrons. The number of carbonyl (C=O) groups excluding carboxylic acids is 2. The van der Waals surface area contributed by atoms with Gasteiger partial charge in [-0.05, 0) is 69.3 Å². The molecule has 0 bridgehead atoms. The van der Waals surface area contributed by atoms with Gasteiger partial charge < -0.3 is 19.7 Å². The van der Waals surface area contributed by atoms with Crippen LogP contribution in [0.5, 0.6) is 0 Å². The molecule has 0 saturated heterocycles. The Labute approximate surface area is 199 Å². The summed E-state index contributed by atoms with van der Waals surface area (Å²) in [4.78, 5) is 24.0. The number of allylic oxidation sites excluding steroid dienone is 1. The summed E-state index contributed by atoms with van der Waals surface area (Å²) in [5.74, 6) is -0.579. The Morgan fingerprint density at radius 1 is 1.44 bits per heavy atom. The van der Waals surface area contributed by atoms with Crippen LogP contribution in [0, 0.1) is 22.7 Å². The molecule has 32 heavy (non-hydrogen) atoms. The number of alkyl halides is 1. The van der Waals surface area contributed by atoms with Gasteiger partial charge in [-0.25, -0.2) is 9.59 Å². The number of fused-ring (bicyclic) bond motifs is 1. The van der Waals surface area contributed by atoms with Gasteiger partial charge >= 0.3 is 11.9 Å². The van der Waals surface area contributed by atoms with Gasteiger partial charge in [-0.15, -0.1) is 0 Å². The van der Waals surface area contributed by atoms with Gasteiger partial charge in [-0.3, -0.25) is 0 Å². The summed E-state index contributed by atoms with van der Waals surface area (Å²) in [7, 11) is 0. The Balaban J connectivity index is 1.96. The lowest BCUT2D eigenvalue weighted by Gasteiger charge is -2.65. The number of esters is 2. The van der Waals surface area contributed by atoms with E-state index in [0.29, 0.717) is 30.2 Å².